The van der Waals surface area contributed by atoms with Crippen molar-refractivity contribution < 1.29 is 9.72 Å². The van der Waals surface area contributed by atoms with Crippen molar-refractivity contribution in [2.24, 2.45) is 0 Å². The number of carbonyl (C=O) groups excluding carboxylic acids is 1. The van der Waals surface area contributed by atoms with E-state index in [9.17, 15) is 14.9 Å². The number of carbonyl (C=O) groups is 1. The molecule has 7 nitrogen and oxygen atoms in total. The zero-order valence-corrected chi connectivity index (χ0v) is 14.6. The van der Waals surface area contributed by atoms with Crippen molar-refractivity contribution in [3.05, 3.63) is 82.7 Å². The largest absolute Gasteiger partial charge is 0.351 e. The second-order valence-electron chi connectivity index (χ2n) is 5.40. The quantitative estimate of drug-likeness (QED) is 0.393. The molecule has 132 valence electrons. The number of non-ortho nitro benzene ring substituents is 1. The van der Waals surface area contributed by atoms with Crippen LogP contribution in [0.4, 0.5) is 5.69 Å². The SMILES string of the molecule is O=C(CSc1nccn1-c1ccc([N+](=O)[O-])cc1)NCc1ccccc1. The van der Waals surface area contributed by atoms with Gasteiger partial charge in [-0.25, -0.2) is 4.98 Å². The molecular weight excluding hydrogens is 352 g/mol. The van der Waals surface area contributed by atoms with Crippen molar-refractivity contribution in [1.29, 1.82) is 0 Å². The Morgan fingerprint density at radius 1 is 1.15 bits per heavy atom. The summed E-state index contributed by atoms with van der Waals surface area (Å²) in [6, 6.07) is 15.9. The average molecular weight is 368 g/mol. The third-order valence-corrected chi connectivity index (χ3v) is 4.58. The van der Waals surface area contributed by atoms with Crippen LogP contribution in [0.25, 0.3) is 5.69 Å². The summed E-state index contributed by atoms with van der Waals surface area (Å²) in [5.74, 6) is 0.147. The molecule has 3 rings (SSSR count). The fourth-order valence-corrected chi connectivity index (χ4v) is 3.11. The van der Waals surface area contributed by atoms with Gasteiger partial charge in [-0.2, -0.15) is 0 Å². The van der Waals surface area contributed by atoms with Crippen molar-refractivity contribution in [3.8, 4) is 5.69 Å². The monoisotopic (exact) mass is 368 g/mol. The van der Waals surface area contributed by atoms with Gasteiger partial charge in [-0.15, -0.1) is 0 Å². The number of nitro benzene ring substituents is 1. The van der Waals surface area contributed by atoms with Crippen LogP contribution in [0, 0.1) is 10.1 Å². The Bertz CT molecular complexity index is 894. The third-order valence-electron chi connectivity index (χ3n) is 3.61. The van der Waals surface area contributed by atoms with Crippen LogP contribution < -0.4 is 5.32 Å². The Kier molecular flexibility index (Phi) is 5.65. The zero-order valence-electron chi connectivity index (χ0n) is 13.7. The van der Waals surface area contributed by atoms with Gasteiger partial charge in [0.05, 0.1) is 10.7 Å². The van der Waals surface area contributed by atoms with E-state index in [2.05, 4.69) is 10.3 Å². The van der Waals surface area contributed by atoms with E-state index < -0.39 is 4.92 Å². The highest BCUT2D eigenvalue weighted by atomic mass is 32.2. The van der Waals surface area contributed by atoms with Gasteiger partial charge in [-0.3, -0.25) is 19.5 Å². The van der Waals surface area contributed by atoms with E-state index in [1.165, 1.54) is 23.9 Å². The van der Waals surface area contributed by atoms with E-state index in [0.717, 1.165) is 11.3 Å². The summed E-state index contributed by atoms with van der Waals surface area (Å²) in [4.78, 5) is 26.6. The second-order valence-corrected chi connectivity index (χ2v) is 6.35. The molecule has 8 heteroatoms. The van der Waals surface area contributed by atoms with Crippen LogP contribution in [0.3, 0.4) is 0 Å². The van der Waals surface area contributed by atoms with E-state index >= 15 is 0 Å². The van der Waals surface area contributed by atoms with Crippen molar-refractivity contribution >= 4 is 23.4 Å². The maximum absolute atomic E-state index is 12.0. The number of benzene rings is 2. The second kappa shape index (κ2) is 8.30. The number of aromatic nitrogens is 2. The predicted molar refractivity (Wildman–Crippen MR) is 99.2 cm³/mol. The lowest BCUT2D eigenvalue weighted by Gasteiger charge is -2.08. The van der Waals surface area contributed by atoms with E-state index in [0.29, 0.717) is 11.7 Å². The Hall–Kier alpha value is -3.13. The van der Waals surface area contributed by atoms with E-state index in [4.69, 9.17) is 0 Å². The highest BCUT2D eigenvalue weighted by Gasteiger charge is 2.11. The molecule has 0 fully saturated rings. The molecule has 0 saturated carbocycles. The molecule has 1 heterocycles. The Morgan fingerprint density at radius 3 is 2.58 bits per heavy atom. The van der Waals surface area contributed by atoms with Crippen LogP contribution in [0.15, 0.2) is 72.1 Å². The van der Waals surface area contributed by atoms with Gasteiger partial charge in [0.1, 0.15) is 0 Å². The molecule has 0 saturated heterocycles. The lowest BCUT2D eigenvalue weighted by molar-refractivity contribution is -0.384. The summed E-state index contributed by atoms with van der Waals surface area (Å²) < 4.78 is 1.79. The predicted octanol–water partition coefficient (Wildman–Crippen LogP) is 3.19. The van der Waals surface area contributed by atoms with Crippen molar-refractivity contribution in [3.63, 3.8) is 0 Å². The van der Waals surface area contributed by atoms with Gasteiger partial charge in [-0.1, -0.05) is 42.1 Å². The minimum Gasteiger partial charge on any atom is -0.351 e. The summed E-state index contributed by atoms with van der Waals surface area (Å²) in [5, 5.41) is 14.3. The normalized spacial score (nSPS) is 10.5. The first kappa shape index (κ1) is 17.7. The van der Waals surface area contributed by atoms with Gasteiger partial charge >= 0.3 is 0 Å². The fraction of sp³-hybridized carbons (Fsp3) is 0.111. The first-order valence-corrected chi connectivity index (χ1v) is 8.83. The van der Waals surface area contributed by atoms with Crippen molar-refractivity contribution in [2.75, 3.05) is 5.75 Å². The highest BCUT2D eigenvalue weighted by Crippen LogP contribution is 2.22. The number of hydrogen-bond donors (Lipinski definition) is 1. The number of amides is 1. The first-order valence-electron chi connectivity index (χ1n) is 7.85. The molecule has 1 N–H and O–H groups in total. The third kappa shape index (κ3) is 4.48. The summed E-state index contributed by atoms with van der Waals surface area (Å²) in [5.41, 5.74) is 1.82. The van der Waals surface area contributed by atoms with Gasteiger partial charge in [-0.05, 0) is 17.7 Å². The molecule has 0 bridgehead atoms. The molecular formula is C18H16N4O3S. The van der Waals surface area contributed by atoms with Gasteiger partial charge in [0, 0.05) is 36.8 Å². The topological polar surface area (TPSA) is 90.1 Å². The lowest BCUT2D eigenvalue weighted by Crippen LogP contribution is -2.24. The smallest absolute Gasteiger partial charge is 0.269 e. The molecule has 0 unspecified atom stereocenters. The van der Waals surface area contributed by atoms with Gasteiger partial charge in [0.25, 0.3) is 5.69 Å². The molecule has 0 aliphatic carbocycles. The van der Waals surface area contributed by atoms with Crippen LogP contribution >= 0.6 is 11.8 Å². The van der Waals surface area contributed by atoms with Crippen LogP contribution in [0.1, 0.15) is 5.56 Å². The molecule has 2 aromatic carbocycles. The number of nitro groups is 1. The van der Waals surface area contributed by atoms with Crippen LogP contribution in [-0.2, 0) is 11.3 Å². The summed E-state index contributed by atoms with van der Waals surface area (Å²) in [7, 11) is 0. The van der Waals surface area contributed by atoms with Crippen molar-refractivity contribution in [2.45, 2.75) is 11.7 Å². The van der Waals surface area contributed by atoms with Gasteiger partial charge < -0.3 is 5.32 Å². The van der Waals surface area contributed by atoms with Crippen LogP contribution in [0.5, 0.6) is 0 Å². The number of nitrogens with one attached hydrogen (secondary N) is 1. The number of imidazole rings is 1. The molecule has 0 atom stereocenters. The summed E-state index contributed by atoms with van der Waals surface area (Å²) in [6.45, 7) is 0.483. The minimum atomic E-state index is -0.440. The van der Waals surface area contributed by atoms with E-state index in [-0.39, 0.29) is 17.3 Å². The Balaban J connectivity index is 1.58. The lowest BCUT2D eigenvalue weighted by atomic mass is 10.2. The standard InChI is InChI=1S/C18H16N4O3S/c23-17(20-12-14-4-2-1-3-5-14)13-26-18-19-10-11-21(18)15-6-8-16(9-7-15)22(24)25/h1-11H,12-13H2,(H,20,23). The van der Waals surface area contributed by atoms with Crippen LogP contribution in [-0.4, -0.2) is 26.1 Å². The summed E-state index contributed by atoms with van der Waals surface area (Å²) >= 11 is 1.31. The number of nitrogens with zero attached hydrogens (tertiary/aromatic N) is 3. The Morgan fingerprint density at radius 2 is 1.88 bits per heavy atom. The van der Waals surface area contributed by atoms with E-state index in [1.54, 1.807) is 29.1 Å². The number of thioether (sulfide) groups is 1. The van der Waals surface area contributed by atoms with Crippen LogP contribution in [0.2, 0.25) is 0 Å². The summed E-state index contributed by atoms with van der Waals surface area (Å²) in [6.07, 6.45) is 3.39. The molecule has 1 amide bonds. The average Bonchev–Trinajstić information content (AvgIpc) is 3.14. The molecule has 0 radical (unpaired) electrons. The maximum Gasteiger partial charge on any atom is 0.269 e. The van der Waals surface area contributed by atoms with Gasteiger partial charge in [0.15, 0.2) is 5.16 Å². The molecule has 1 aromatic heterocycles. The molecule has 0 spiro atoms. The fourth-order valence-electron chi connectivity index (χ4n) is 2.31. The van der Waals surface area contributed by atoms with E-state index in [1.807, 2.05) is 30.3 Å². The molecule has 3 aromatic rings. The molecule has 0 aliphatic heterocycles. The first-order chi connectivity index (χ1) is 12.6. The molecule has 0 aliphatic rings. The highest BCUT2D eigenvalue weighted by molar-refractivity contribution is 7.99. The zero-order chi connectivity index (χ0) is 18.4. The number of hydrogen-bond acceptors (Lipinski definition) is 5. The minimum absolute atomic E-state index is 0.0309. The molecule has 26 heavy (non-hydrogen) atoms. The number of rotatable bonds is 7. The van der Waals surface area contributed by atoms with Gasteiger partial charge in [0.2, 0.25) is 5.91 Å². The Labute approximate surface area is 154 Å². The van der Waals surface area contributed by atoms with Crippen molar-refractivity contribution in [1.82, 2.24) is 14.9 Å². The maximum atomic E-state index is 12.0.